The summed E-state index contributed by atoms with van der Waals surface area (Å²) in [4.78, 5) is 7.02. The van der Waals surface area contributed by atoms with Crippen LogP contribution in [0.15, 0.2) is 37.0 Å². The van der Waals surface area contributed by atoms with Gasteiger partial charge in [-0.2, -0.15) is 0 Å². The zero-order valence-electron chi connectivity index (χ0n) is 16.0. The monoisotopic (exact) mass is 380 g/mol. The van der Waals surface area contributed by atoms with Gasteiger partial charge in [-0.25, -0.2) is 13.9 Å². The van der Waals surface area contributed by atoms with E-state index in [9.17, 15) is 4.39 Å². The van der Waals surface area contributed by atoms with E-state index in [0.717, 1.165) is 43.6 Å². The lowest BCUT2D eigenvalue weighted by molar-refractivity contribution is 0.614. The highest BCUT2D eigenvalue weighted by molar-refractivity contribution is 5.81. The summed E-state index contributed by atoms with van der Waals surface area (Å²) < 4.78 is 15.7. The van der Waals surface area contributed by atoms with Gasteiger partial charge in [0.1, 0.15) is 11.6 Å². The maximum absolute atomic E-state index is 14.0. The molecule has 3 heterocycles. The molecular formula is C21H25FN6. The minimum atomic E-state index is -0.199. The molecule has 146 valence electrons. The fourth-order valence-corrected chi connectivity index (χ4v) is 4.14. The third-order valence-electron chi connectivity index (χ3n) is 5.35. The smallest absolute Gasteiger partial charge is 0.168 e. The second-order valence-electron chi connectivity index (χ2n) is 7.28. The van der Waals surface area contributed by atoms with Crippen LogP contribution < -0.4 is 16.4 Å². The Kier molecular flexibility index (Phi) is 4.66. The Bertz CT molecular complexity index is 1040. The van der Waals surface area contributed by atoms with Crippen molar-refractivity contribution in [3.63, 3.8) is 0 Å². The quantitative estimate of drug-likeness (QED) is 0.705. The van der Waals surface area contributed by atoms with E-state index in [1.165, 1.54) is 5.56 Å². The SMILES string of the molecule is C=C(N)c1c(N)nn2ccc(N3CCCC3c3cc(F)ccc3CCC)nc12. The van der Waals surface area contributed by atoms with Crippen molar-refractivity contribution in [1.82, 2.24) is 14.6 Å². The molecule has 1 aliphatic heterocycles. The number of nitrogens with zero attached hydrogens (tertiary/aromatic N) is 4. The highest BCUT2D eigenvalue weighted by Crippen LogP contribution is 2.38. The van der Waals surface area contributed by atoms with Gasteiger partial charge in [-0.05, 0) is 48.6 Å². The maximum atomic E-state index is 14.0. The van der Waals surface area contributed by atoms with Crippen LogP contribution in [0.25, 0.3) is 11.3 Å². The summed E-state index contributed by atoms with van der Waals surface area (Å²) >= 11 is 0. The highest BCUT2D eigenvalue weighted by atomic mass is 19.1. The van der Waals surface area contributed by atoms with E-state index in [1.807, 2.05) is 18.3 Å². The number of aryl methyl sites for hydroxylation is 1. The van der Waals surface area contributed by atoms with Crippen molar-refractivity contribution < 1.29 is 4.39 Å². The highest BCUT2D eigenvalue weighted by Gasteiger charge is 2.29. The lowest BCUT2D eigenvalue weighted by atomic mass is 9.95. The fourth-order valence-electron chi connectivity index (χ4n) is 4.14. The van der Waals surface area contributed by atoms with Crippen molar-refractivity contribution in [3.05, 3.63) is 59.5 Å². The number of hydrogen-bond donors (Lipinski definition) is 2. The van der Waals surface area contributed by atoms with Crippen LogP contribution in [0.4, 0.5) is 16.0 Å². The molecule has 0 radical (unpaired) electrons. The van der Waals surface area contributed by atoms with Gasteiger partial charge in [0.05, 0.1) is 11.6 Å². The number of benzene rings is 1. The van der Waals surface area contributed by atoms with Crippen LogP contribution in [0.5, 0.6) is 0 Å². The predicted octanol–water partition coefficient (Wildman–Crippen LogP) is 3.67. The molecule has 0 bridgehead atoms. The van der Waals surface area contributed by atoms with Crippen molar-refractivity contribution >= 4 is 23.0 Å². The zero-order valence-corrected chi connectivity index (χ0v) is 16.0. The number of halogens is 1. The van der Waals surface area contributed by atoms with Gasteiger partial charge in [-0.1, -0.05) is 26.0 Å². The Morgan fingerprint density at radius 1 is 1.36 bits per heavy atom. The van der Waals surface area contributed by atoms with Crippen molar-refractivity contribution in [2.75, 3.05) is 17.2 Å². The Balaban J connectivity index is 1.78. The van der Waals surface area contributed by atoms with Crippen molar-refractivity contribution in [3.8, 4) is 0 Å². The minimum absolute atomic E-state index is 0.0944. The molecule has 1 aliphatic rings. The van der Waals surface area contributed by atoms with Gasteiger partial charge in [0, 0.05) is 18.4 Å². The molecule has 0 spiro atoms. The summed E-state index contributed by atoms with van der Waals surface area (Å²) in [5.74, 6) is 0.921. The molecule has 3 aromatic rings. The lowest BCUT2D eigenvalue weighted by Gasteiger charge is -2.28. The molecule has 4 rings (SSSR count). The summed E-state index contributed by atoms with van der Waals surface area (Å²) in [5, 5.41) is 4.25. The molecule has 0 amide bonds. The van der Waals surface area contributed by atoms with E-state index in [1.54, 1.807) is 16.6 Å². The van der Waals surface area contributed by atoms with Gasteiger partial charge in [-0.15, -0.1) is 5.10 Å². The third kappa shape index (κ3) is 3.06. The normalized spacial score (nSPS) is 16.8. The lowest BCUT2D eigenvalue weighted by Crippen LogP contribution is -2.25. The maximum Gasteiger partial charge on any atom is 0.168 e. The molecule has 1 saturated heterocycles. The van der Waals surface area contributed by atoms with Gasteiger partial charge in [-0.3, -0.25) is 0 Å². The molecular weight excluding hydrogens is 355 g/mol. The average Bonchev–Trinajstić information content (AvgIpc) is 3.26. The molecule has 2 aromatic heterocycles. The first-order chi connectivity index (χ1) is 13.5. The van der Waals surface area contributed by atoms with Crippen molar-refractivity contribution in [2.45, 2.75) is 38.6 Å². The number of fused-ring (bicyclic) bond motifs is 1. The van der Waals surface area contributed by atoms with E-state index in [4.69, 9.17) is 16.5 Å². The fraction of sp³-hybridized carbons (Fsp3) is 0.333. The number of nitrogens with two attached hydrogens (primary N) is 2. The number of hydrogen-bond acceptors (Lipinski definition) is 5. The molecule has 1 atom stereocenters. The van der Waals surface area contributed by atoms with Crippen LogP contribution in [0.1, 0.15) is 48.9 Å². The molecule has 4 N–H and O–H groups in total. The number of nitrogen functional groups attached to an aromatic ring is 1. The van der Waals surface area contributed by atoms with E-state index in [-0.39, 0.29) is 11.9 Å². The minimum Gasteiger partial charge on any atom is -0.398 e. The molecule has 6 nitrogen and oxygen atoms in total. The van der Waals surface area contributed by atoms with Crippen LogP contribution in [0.2, 0.25) is 0 Å². The van der Waals surface area contributed by atoms with Crippen LogP contribution in [0.3, 0.4) is 0 Å². The standard InChI is InChI=1S/C21H25FN6/c1-3-5-14-7-8-15(22)12-16(14)17-6-4-10-27(17)18-9-11-28-21(25-18)19(13(2)23)20(24)26-28/h7-9,11-12,17H,2-6,10,23H2,1H3,(H2,24,26). The van der Waals surface area contributed by atoms with Crippen molar-refractivity contribution in [2.24, 2.45) is 5.73 Å². The summed E-state index contributed by atoms with van der Waals surface area (Å²) in [7, 11) is 0. The first-order valence-electron chi connectivity index (χ1n) is 9.64. The molecule has 1 unspecified atom stereocenters. The average molecular weight is 380 g/mol. The van der Waals surface area contributed by atoms with Gasteiger partial charge in [0.25, 0.3) is 0 Å². The summed E-state index contributed by atoms with van der Waals surface area (Å²) in [5.41, 5.74) is 15.6. The largest absolute Gasteiger partial charge is 0.398 e. The molecule has 28 heavy (non-hydrogen) atoms. The topological polar surface area (TPSA) is 85.5 Å². The zero-order chi connectivity index (χ0) is 19.8. The molecule has 7 heteroatoms. The molecule has 1 aromatic carbocycles. The Hall–Kier alpha value is -3.09. The van der Waals surface area contributed by atoms with Crippen molar-refractivity contribution in [1.29, 1.82) is 0 Å². The molecule has 0 aliphatic carbocycles. The molecule has 1 fully saturated rings. The summed E-state index contributed by atoms with van der Waals surface area (Å²) in [6, 6.07) is 7.15. The summed E-state index contributed by atoms with van der Waals surface area (Å²) in [6.45, 7) is 6.79. The van der Waals surface area contributed by atoms with Crippen LogP contribution in [-0.4, -0.2) is 21.1 Å². The van der Waals surface area contributed by atoms with Gasteiger partial charge >= 0.3 is 0 Å². The number of rotatable bonds is 5. The first kappa shape index (κ1) is 18.3. The van der Waals surface area contributed by atoms with Gasteiger partial charge < -0.3 is 16.4 Å². The van der Waals surface area contributed by atoms with Crippen LogP contribution in [-0.2, 0) is 6.42 Å². The van der Waals surface area contributed by atoms with Crippen LogP contribution in [0, 0.1) is 5.82 Å². The van der Waals surface area contributed by atoms with E-state index >= 15 is 0 Å². The number of aromatic nitrogens is 3. The van der Waals surface area contributed by atoms with Gasteiger partial charge in [0.15, 0.2) is 11.5 Å². The molecule has 0 saturated carbocycles. The second kappa shape index (κ2) is 7.14. The Morgan fingerprint density at radius 2 is 2.18 bits per heavy atom. The Morgan fingerprint density at radius 3 is 2.93 bits per heavy atom. The first-order valence-corrected chi connectivity index (χ1v) is 9.64. The number of anilines is 2. The van der Waals surface area contributed by atoms with E-state index < -0.39 is 0 Å². The third-order valence-corrected chi connectivity index (χ3v) is 5.35. The van der Waals surface area contributed by atoms with Crippen LogP contribution >= 0.6 is 0 Å². The van der Waals surface area contributed by atoms with Gasteiger partial charge in [0.2, 0.25) is 0 Å². The Labute approximate surface area is 163 Å². The summed E-state index contributed by atoms with van der Waals surface area (Å²) in [6.07, 6.45) is 5.77. The predicted molar refractivity (Wildman–Crippen MR) is 110 cm³/mol. The second-order valence-corrected chi connectivity index (χ2v) is 7.28. The van der Waals surface area contributed by atoms with E-state index in [2.05, 4.69) is 23.5 Å². The van der Waals surface area contributed by atoms with E-state index in [0.29, 0.717) is 22.7 Å².